The van der Waals surface area contributed by atoms with Crippen molar-refractivity contribution in [1.29, 1.82) is 0 Å². The monoisotopic (exact) mass is 330 g/mol. The third kappa shape index (κ3) is 2.98. The quantitative estimate of drug-likeness (QED) is 0.836. The van der Waals surface area contributed by atoms with Gasteiger partial charge >= 0.3 is 5.97 Å². The standard InChI is InChI=1S/C13H9Cl3N2O2/c14-9-2-1-8(11(15)12(9)16)13-6(4-10(19)20)3-7(17)5-18-13/h1-3,5H,4,17H2,(H,19,20). The number of aliphatic carboxylic acids is 1. The van der Waals surface area contributed by atoms with E-state index in [0.717, 1.165) is 0 Å². The molecule has 104 valence electrons. The van der Waals surface area contributed by atoms with E-state index in [-0.39, 0.29) is 16.5 Å². The SMILES string of the molecule is Nc1cnc(-c2ccc(Cl)c(Cl)c2Cl)c(CC(=O)O)c1. The zero-order valence-electron chi connectivity index (χ0n) is 10.0. The summed E-state index contributed by atoms with van der Waals surface area (Å²) < 4.78 is 0. The third-order valence-electron chi connectivity index (χ3n) is 2.62. The van der Waals surface area contributed by atoms with Crippen LogP contribution in [0, 0.1) is 0 Å². The fourth-order valence-corrected chi connectivity index (χ4v) is 2.40. The van der Waals surface area contributed by atoms with Crippen LogP contribution in [-0.4, -0.2) is 16.1 Å². The van der Waals surface area contributed by atoms with Gasteiger partial charge in [0, 0.05) is 5.56 Å². The summed E-state index contributed by atoms with van der Waals surface area (Å²) in [6.45, 7) is 0. The van der Waals surface area contributed by atoms with E-state index < -0.39 is 5.97 Å². The van der Waals surface area contributed by atoms with Gasteiger partial charge in [0.15, 0.2) is 0 Å². The van der Waals surface area contributed by atoms with E-state index in [1.165, 1.54) is 6.20 Å². The lowest BCUT2D eigenvalue weighted by atomic mass is 10.0. The second-order valence-electron chi connectivity index (χ2n) is 4.07. The first-order valence-electron chi connectivity index (χ1n) is 5.50. The molecule has 2 aromatic rings. The first-order valence-corrected chi connectivity index (χ1v) is 6.63. The van der Waals surface area contributed by atoms with Crippen molar-refractivity contribution >= 4 is 46.5 Å². The van der Waals surface area contributed by atoms with E-state index in [4.69, 9.17) is 45.6 Å². The van der Waals surface area contributed by atoms with Crippen molar-refractivity contribution in [2.24, 2.45) is 0 Å². The van der Waals surface area contributed by atoms with Gasteiger partial charge in [-0.05, 0) is 23.8 Å². The Bertz CT molecular complexity index is 690. The normalized spacial score (nSPS) is 10.6. The summed E-state index contributed by atoms with van der Waals surface area (Å²) >= 11 is 18.0. The van der Waals surface area contributed by atoms with Crippen molar-refractivity contribution in [2.75, 3.05) is 5.73 Å². The van der Waals surface area contributed by atoms with Gasteiger partial charge in [-0.3, -0.25) is 9.78 Å². The zero-order chi connectivity index (χ0) is 14.9. The molecular weight excluding hydrogens is 323 g/mol. The fraction of sp³-hybridized carbons (Fsp3) is 0.0769. The van der Waals surface area contributed by atoms with Crippen LogP contribution >= 0.6 is 34.8 Å². The molecule has 20 heavy (non-hydrogen) atoms. The molecule has 0 bridgehead atoms. The molecule has 2 rings (SSSR count). The lowest BCUT2D eigenvalue weighted by Gasteiger charge is -2.11. The molecule has 0 atom stereocenters. The number of anilines is 1. The second-order valence-corrected chi connectivity index (χ2v) is 5.23. The Kier molecular flexibility index (Phi) is 4.38. The van der Waals surface area contributed by atoms with E-state index in [9.17, 15) is 4.79 Å². The fourth-order valence-electron chi connectivity index (χ4n) is 1.78. The van der Waals surface area contributed by atoms with Gasteiger partial charge in [-0.25, -0.2) is 0 Å². The van der Waals surface area contributed by atoms with Gasteiger partial charge in [-0.2, -0.15) is 0 Å². The lowest BCUT2D eigenvalue weighted by Crippen LogP contribution is -2.04. The summed E-state index contributed by atoms with van der Waals surface area (Å²) in [5.41, 5.74) is 7.40. The van der Waals surface area contributed by atoms with E-state index >= 15 is 0 Å². The van der Waals surface area contributed by atoms with Gasteiger partial charge in [0.05, 0.1) is 39.1 Å². The van der Waals surface area contributed by atoms with Crippen molar-refractivity contribution < 1.29 is 9.90 Å². The molecule has 0 amide bonds. The Morgan fingerprint density at radius 3 is 2.60 bits per heavy atom. The molecule has 0 aliphatic rings. The highest BCUT2D eigenvalue weighted by Gasteiger charge is 2.16. The number of carboxylic acids is 1. The van der Waals surface area contributed by atoms with Crippen molar-refractivity contribution in [3.63, 3.8) is 0 Å². The van der Waals surface area contributed by atoms with Gasteiger partial charge in [0.25, 0.3) is 0 Å². The molecule has 1 heterocycles. The van der Waals surface area contributed by atoms with Crippen molar-refractivity contribution in [3.05, 3.63) is 45.0 Å². The van der Waals surface area contributed by atoms with Gasteiger partial charge < -0.3 is 10.8 Å². The number of hydrogen-bond acceptors (Lipinski definition) is 3. The minimum atomic E-state index is -0.991. The van der Waals surface area contributed by atoms with E-state index in [2.05, 4.69) is 4.98 Å². The highest BCUT2D eigenvalue weighted by molar-refractivity contribution is 6.49. The average Bonchev–Trinajstić information content (AvgIpc) is 2.37. The van der Waals surface area contributed by atoms with Crippen LogP contribution in [0.1, 0.15) is 5.56 Å². The van der Waals surface area contributed by atoms with Crippen LogP contribution in [0.5, 0.6) is 0 Å². The number of hydrogen-bond donors (Lipinski definition) is 2. The molecule has 0 spiro atoms. The molecule has 0 fully saturated rings. The van der Waals surface area contributed by atoms with Crippen LogP contribution in [0.25, 0.3) is 11.3 Å². The van der Waals surface area contributed by atoms with Crippen molar-refractivity contribution in [2.45, 2.75) is 6.42 Å². The molecule has 7 heteroatoms. The second kappa shape index (κ2) is 5.87. The maximum atomic E-state index is 10.9. The Morgan fingerprint density at radius 2 is 1.95 bits per heavy atom. The van der Waals surface area contributed by atoms with Crippen LogP contribution in [0.4, 0.5) is 5.69 Å². The summed E-state index contributed by atoms with van der Waals surface area (Å²) in [7, 11) is 0. The van der Waals surface area contributed by atoms with Gasteiger partial charge in [0.2, 0.25) is 0 Å². The van der Waals surface area contributed by atoms with Crippen LogP contribution in [-0.2, 0) is 11.2 Å². The summed E-state index contributed by atoms with van der Waals surface area (Å²) in [6, 6.07) is 4.77. The predicted molar refractivity (Wildman–Crippen MR) is 80.5 cm³/mol. The van der Waals surface area contributed by atoms with Crippen LogP contribution < -0.4 is 5.73 Å². The van der Waals surface area contributed by atoms with Crippen molar-refractivity contribution in [1.82, 2.24) is 4.98 Å². The summed E-state index contributed by atoms with van der Waals surface area (Å²) in [6.07, 6.45) is 1.21. The maximum Gasteiger partial charge on any atom is 0.307 e. The molecule has 1 aromatic heterocycles. The van der Waals surface area contributed by atoms with Gasteiger partial charge in [0.1, 0.15) is 0 Å². The molecule has 0 aliphatic heterocycles. The maximum absolute atomic E-state index is 10.9. The zero-order valence-corrected chi connectivity index (χ0v) is 12.3. The minimum Gasteiger partial charge on any atom is -0.481 e. The van der Waals surface area contributed by atoms with Gasteiger partial charge in [-0.1, -0.05) is 34.8 Å². The minimum absolute atomic E-state index is 0.200. The average molecular weight is 332 g/mol. The molecule has 0 saturated heterocycles. The number of pyridine rings is 1. The topological polar surface area (TPSA) is 76.2 Å². The highest BCUT2D eigenvalue weighted by Crippen LogP contribution is 2.38. The van der Waals surface area contributed by atoms with Crippen LogP contribution in [0.3, 0.4) is 0 Å². The van der Waals surface area contributed by atoms with Crippen LogP contribution in [0.15, 0.2) is 24.4 Å². The first-order chi connectivity index (χ1) is 9.40. The van der Waals surface area contributed by atoms with Crippen LogP contribution in [0.2, 0.25) is 15.1 Å². The molecule has 3 N–H and O–H groups in total. The van der Waals surface area contributed by atoms with Gasteiger partial charge in [-0.15, -0.1) is 0 Å². The molecule has 0 radical (unpaired) electrons. The number of nitrogens with zero attached hydrogens (tertiary/aromatic N) is 1. The van der Waals surface area contributed by atoms with Crippen molar-refractivity contribution in [3.8, 4) is 11.3 Å². The number of halogens is 3. The Balaban J connectivity index is 2.63. The first kappa shape index (κ1) is 14.9. The number of carboxylic acid groups (broad SMARTS) is 1. The number of nitrogen functional groups attached to an aromatic ring is 1. The Morgan fingerprint density at radius 1 is 1.25 bits per heavy atom. The predicted octanol–water partition coefficient (Wildman–Crippen LogP) is 3.92. The summed E-state index contributed by atoms with van der Waals surface area (Å²) in [5, 5.41) is 9.69. The number of aromatic nitrogens is 1. The summed E-state index contributed by atoms with van der Waals surface area (Å²) in [5.74, 6) is -0.991. The smallest absolute Gasteiger partial charge is 0.307 e. The van der Waals surface area contributed by atoms with E-state index in [1.54, 1.807) is 18.2 Å². The molecule has 0 aliphatic carbocycles. The number of carbonyl (C=O) groups is 1. The van der Waals surface area contributed by atoms with E-state index in [1.807, 2.05) is 0 Å². The number of nitrogens with two attached hydrogens (primary N) is 1. The molecule has 0 unspecified atom stereocenters. The molecular formula is C13H9Cl3N2O2. The lowest BCUT2D eigenvalue weighted by molar-refractivity contribution is -0.136. The number of rotatable bonds is 3. The Labute approximate surface area is 130 Å². The van der Waals surface area contributed by atoms with E-state index in [0.29, 0.717) is 27.5 Å². The molecule has 4 nitrogen and oxygen atoms in total. The largest absolute Gasteiger partial charge is 0.481 e. The Hall–Kier alpha value is -1.49. The third-order valence-corrected chi connectivity index (χ3v) is 3.91. The highest BCUT2D eigenvalue weighted by atomic mass is 35.5. The molecule has 1 aromatic carbocycles. The molecule has 0 saturated carbocycles. The number of benzene rings is 1. The summed E-state index contributed by atoms with van der Waals surface area (Å²) in [4.78, 5) is 15.1.